The molecule has 2 aromatic rings. The van der Waals surface area contributed by atoms with Gasteiger partial charge in [0.05, 0.1) is 13.1 Å². The molecule has 150 valence electrons. The zero-order valence-electron chi connectivity index (χ0n) is 16.4. The number of carbonyl (C=O) groups excluding carboxylic acids is 3. The van der Waals surface area contributed by atoms with Crippen molar-refractivity contribution in [2.24, 2.45) is 0 Å². The second-order valence-corrected chi connectivity index (χ2v) is 7.45. The molecule has 7 nitrogen and oxygen atoms in total. The summed E-state index contributed by atoms with van der Waals surface area (Å²) in [6, 6.07) is 12.5. The Bertz CT molecular complexity index is 950. The summed E-state index contributed by atoms with van der Waals surface area (Å²) in [5.41, 5.74) is 4.12. The summed E-state index contributed by atoms with van der Waals surface area (Å²) in [6.45, 7) is 4.26. The lowest BCUT2D eigenvalue weighted by Gasteiger charge is -2.21. The maximum atomic E-state index is 12.9. The van der Waals surface area contributed by atoms with Crippen LogP contribution in [0.1, 0.15) is 34.3 Å². The molecule has 0 aromatic heterocycles. The highest BCUT2D eigenvalue weighted by Crippen LogP contribution is 2.27. The topological polar surface area (TPSA) is 81.8 Å². The molecule has 2 heterocycles. The number of carbonyl (C=O) groups is 3. The predicted octanol–water partition coefficient (Wildman–Crippen LogP) is 2.90. The number of nitrogens with zero attached hydrogens (tertiary/aromatic N) is 2. The SMILES string of the molecule is Cc1cc(NC(=O)c2ccccc2CN2C(=O)CNC2=O)ccc1N1CCCC1. The van der Waals surface area contributed by atoms with Crippen LogP contribution in [0.25, 0.3) is 0 Å². The summed E-state index contributed by atoms with van der Waals surface area (Å²) in [6.07, 6.45) is 2.43. The van der Waals surface area contributed by atoms with Crippen LogP contribution in [0.3, 0.4) is 0 Å². The molecule has 2 aliphatic heterocycles. The number of imide groups is 1. The van der Waals surface area contributed by atoms with E-state index in [0.717, 1.165) is 29.2 Å². The maximum absolute atomic E-state index is 12.9. The van der Waals surface area contributed by atoms with Gasteiger partial charge < -0.3 is 15.5 Å². The summed E-state index contributed by atoms with van der Waals surface area (Å²) in [7, 11) is 0. The van der Waals surface area contributed by atoms with Gasteiger partial charge in [-0.3, -0.25) is 14.5 Å². The number of anilines is 2. The van der Waals surface area contributed by atoms with Crippen molar-refractivity contribution >= 4 is 29.2 Å². The van der Waals surface area contributed by atoms with Gasteiger partial charge in [0.1, 0.15) is 0 Å². The Labute approximate surface area is 169 Å². The van der Waals surface area contributed by atoms with E-state index in [2.05, 4.69) is 28.5 Å². The van der Waals surface area contributed by atoms with Crippen LogP contribution >= 0.6 is 0 Å². The van der Waals surface area contributed by atoms with Gasteiger partial charge in [0.15, 0.2) is 0 Å². The van der Waals surface area contributed by atoms with E-state index in [9.17, 15) is 14.4 Å². The van der Waals surface area contributed by atoms with E-state index in [1.165, 1.54) is 18.5 Å². The molecular weight excluding hydrogens is 368 g/mol. The normalized spacial score (nSPS) is 16.3. The fourth-order valence-corrected chi connectivity index (χ4v) is 3.91. The lowest BCUT2D eigenvalue weighted by molar-refractivity contribution is -0.125. The molecule has 0 atom stereocenters. The van der Waals surface area contributed by atoms with Gasteiger partial charge in [-0.1, -0.05) is 18.2 Å². The molecule has 29 heavy (non-hydrogen) atoms. The van der Waals surface area contributed by atoms with Gasteiger partial charge >= 0.3 is 6.03 Å². The van der Waals surface area contributed by atoms with Crippen LogP contribution in [0.4, 0.5) is 16.2 Å². The molecule has 2 saturated heterocycles. The fourth-order valence-electron chi connectivity index (χ4n) is 3.91. The minimum absolute atomic E-state index is 0.00413. The molecule has 0 unspecified atom stereocenters. The van der Waals surface area contributed by atoms with Crippen LogP contribution in [0.15, 0.2) is 42.5 Å². The molecule has 0 radical (unpaired) electrons. The molecule has 7 heteroatoms. The van der Waals surface area contributed by atoms with E-state index in [1.54, 1.807) is 24.3 Å². The average Bonchev–Trinajstić information content (AvgIpc) is 3.34. The third-order valence-electron chi connectivity index (χ3n) is 5.43. The van der Waals surface area contributed by atoms with Crippen molar-refractivity contribution in [3.05, 3.63) is 59.2 Å². The van der Waals surface area contributed by atoms with Gasteiger partial charge in [-0.05, 0) is 55.2 Å². The van der Waals surface area contributed by atoms with Crippen LogP contribution in [0.5, 0.6) is 0 Å². The average molecular weight is 392 g/mol. The number of amides is 4. The van der Waals surface area contributed by atoms with Gasteiger partial charge in [-0.25, -0.2) is 4.79 Å². The minimum Gasteiger partial charge on any atom is -0.371 e. The second-order valence-electron chi connectivity index (χ2n) is 7.45. The van der Waals surface area contributed by atoms with Crippen molar-refractivity contribution < 1.29 is 14.4 Å². The molecule has 2 aromatic carbocycles. The number of benzene rings is 2. The molecule has 2 N–H and O–H groups in total. The van der Waals surface area contributed by atoms with Crippen LogP contribution in [-0.4, -0.2) is 42.4 Å². The second kappa shape index (κ2) is 7.95. The maximum Gasteiger partial charge on any atom is 0.324 e. The third kappa shape index (κ3) is 3.94. The lowest BCUT2D eigenvalue weighted by Crippen LogP contribution is -2.31. The van der Waals surface area contributed by atoms with Crippen molar-refractivity contribution in [2.75, 3.05) is 29.9 Å². The minimum atomic E-state index is -0.432. The molecule has 0 aliphatic carbocycles. The largest absolute Gasteiger partial charge is 0.371 e. The molecule has 2 fully saturated rings. The molecule has 4 rings (SSSR count). The van der Waals surface area contributed by atoms with Crippen molar-refractivity contribution in [1.82, 2.24) is 10.2 Å². The van der Waals surface area contributed by atoms with Crippen molar-refractivity contribution in [1.29, 1.82) is 0 Å². The predicted molar refractivity (Wildman–Crippen MR) is 111 cm³/mol. The van der Waals surface area contributed by atoms with Gasteiger partial charge in [0.2, 0.25) is 5.91 Å². The van der Waals surface area contributed by atoms with Crippen LogP contribution in [-0.2, 0) is 11.3 Å². The number of rotatable bonds is 5. The molecule has 0 spiro atoms. The molecular formula is C22H24N4O3. The first kappa shape index (κ1) is 19.0. The van der Waals surface area contributed by atoms with E-state index in [4.69, 9.17) is 0 Å². The first-order valence-electron chi connectivity index (χ1n) is 9.86. The first-order valence-corrected chi connectivity index (χ1v) is 9.86. The number of hydrogen-bond donors (Lipinski definition) is 2. The Kier molecular flexibility index (Phi) is 5.20. The monoisotopic (exact) mass is 392 g/mol. The van der Waals surface area contributed by atoms with E-state index >= 15 is 0 Å². The summed E-state index contributed by atoms with van der Waals surface area (Å²) in [4.78, 5) is 40.1. The number of aryl methyl sites for hydroxylation is 1. The molecule has 0 saturated carbocycles. The summed E-state index contributed by atoms with van der Waals surface area (Å²) >= 11 is 0. The van der Waals surface area contributed by atoms with E-state index in [1.807, 2.05) is 12.1 Å². The van der Waals surface area contributed by atoms with Crippen molar-refractivity contribution in [3.8, 4) is 0 Å². The Balaban J connectivity index is 1.51. The standard InChI is InChI=1S/C22H24N4O3/c1-15-12-17(8-9-19(15)25-10-4-5-11-25)24-21(28)18-7-3-2-6-16(18)14-26-20(27)13-23-22(26)29/h2-3,6-9,12H,4-5,10-11,13-14H2,1H3,(H,23,29)(H,24,28). The third-order valence-corrected chi connectivity index (χ3v) is 5.43. The Morgan fingerprint density at radius 3 is 2.55 bits per heavy atom. The highest BCUT2D eigenvalue weighted by atomic mass is 16.2. The molecule has 4 amide bonds. The lowest BCUT2D eigenvalue weighted by atomic mass is 10.1. The van der Waals surface area contributed by atoms with Crippen LogP contribution < -0.4 is 15.5 Å². The summed E-state index contributed by atoms with van der Waals surface area (Å²) < 4.78 is 0. The number of hydrogen-bond acceptors (Lipinski definition) is 4. The quantitative estimate of drug-likeness (QED) is 0.767. The van der Waals surface area contributed by atoms with E-state index < -0.39 is 6.03 Å². The van der Waals surface area contributed by atoms with E-state index in [-0.39, 0.29) is 24.9 Å². The van der Waals surface area contributed by atoms with Gasteiger partial charge in [-0.15, -0.1) is 0 Å². The van der Waals surface area contributed by atoms with Crippen LogP contribution in [0.2, 0.25) is 0 Å². The Morgan fingerprint density at radius 1 is 1.10 bits per heavy atom. The number of urea groups is 1. The van der Waals surface area contributed by atoms with Crippen LogP contribution in [0, 0.1) is 6.92 Å². The van der Waals surface area contributed by atoms with Gasteiger partial charge in [0.25, 0.3) is 5.91 Å². The molecule has 2 aliphatic rings. The zero-order chi connectivity index (χ0) is 20.4. The highest BCUT2D eigenvalue weighted by molar-refractivity contribution is 6.06. The summed E-state index contributed by atoms with van der Waals surface area (Å²) in [5, 5.41) is 5.44. The highest BCUT2D eigenvalue weighted by Gasteiger charge is 2.29. The fraction of sp³-hybridized carbons (Fsp3) is 0.318. The van der Waals surface area contributed by atoms with Gasteiger partial charge in [0, 0.05) is 30.0 Å². The first-order chi connectivity index (χ1) is 14.0. The smallest absolute Gasteiger partial charge is 0.324 e. The molecule has 0 bridgehead atoms. The number of nitrogens with one attached hydrogen (secondary N) is 2. The zero-order valence-corrected chi connectivity index (χ0v) is 16.4. The summed E-state index contributed by atoms with van der Waals surface area (Å²) in [5.74, 6) is -0.556. The van der Waals surface area contributed by atoms with Crippen molar-refractivity contribution in [2.45, 2.75) is 26.3 Å². The Morgan fingerprint density at radius 2 is 1.86 bits per heavy atom. The van der Waals surface area contributed by atoms with Gasteiger partial charge in [-0.2, -0.15) is 0 Å². The van der Waals surface area contributed by atoms with E-state index in [0.29, 0.717) is 11.1 Å². The Hall–Kier alpha value is -3.35. The van der Waals surface area contributed by atoms with Crippen molar-refractivity contribution in [3.63, 3.8) is 0 Å².